The highest BCUT2D eigenvalue weighted by Gasteiger charge is 2.42. The van der Waals surface area contributed by atoms with Gasteiger partial charge in [0.15, 0.2) is 0 Å². The van der Waals surface area contributed by atoms with Gasteiger partial charge in [-0.3, -0.25) is 4.67 Å². The van der Waals surface area contributed by atoms with Crippen LogP contribution in [0.15, 0.2) is 59.3 Å². The molecule has 29 heavy (non-hydrogen) atoms. The second-order valence-corrected chi connectivity index (χ2v) is 12.8. The summed E-state index contributed by atoms with van der Waals surface area (Å²) in [5.41, 5.74) is 4.03. The summed E-state index contributed by atoms with van der Waals surface area (Å²) in [4.78, 5) is 0. The van der Waals surface area contributed by atoms with Gasteiger partial charge in [0, 0.05) is 5.16 Å². The first-order chi connectivity index (χ1) is 13.6. The van der Waals surface area contributed by atoms with Gasteiger partial charge in [-0.05, 0) is 52.2 Å². The summed E-state index contributed by atoms with van der Waals surface area (Å²) in [6.07, 6.45) is 0. The average molecular weight is 429 g/mol. The molecule has 0 saturated heterocycles. The summed E-state index contributed by atoms with van der Waals surface area (Å²) in [5.74, 6) is 0. The standard InChI is InChI=1S/C23H30ClN4P/c1-17-22(18(2)28(25-17)19-13-9-8-10-14-19)29(27(6)7,23(3,4)5)26-21-16-12-11-15-20(21)24/h8-16H,1-7H3/t29-/m0/s1. The molecule has 0 radical (unpaired) electrons. The Balaban J connectivity index is 2.41. The number of para-hydroxylation sites is 1. The number of nitrogens with zero attached hydrogens (tertiary/aromatic N) is 4. The van der Waals surface area contributed by atoms with Crippen molar-refractivity contribution < 1.29 is 0 Å². The maximum Gasteiger partial charge on any atom is 0.0819 e. The van der Waals surface area contributed by atoms with Crippen LogP contribution in [0, 0.1) is 13.8 Å². The minimum Gasteiger partial charge on any atom is -0.271 e. The fourth-order valence-electron chi connectivity index (χ4n) is 4.02. The number of hydrogen-bond acceptors (Lipinski definition) is 2. The molecule has 0 unspecified atom stereocenters. The van der Waals surface area contributed by atoms with Gasteiger partial charge in [0.2, 0.25) is 0 Å². The van der Waals surface area contributed by atoms with E-state index in [1.807, 2.05) is 47.1 Å². The Hall–Kier alpha value is -1.87. The first-order valence-corrected chi connectivity index (χ1v) is 11.8. The summed E-state index contributed by atoms with van der Waals surface area (Å²) in [6, 6.07) is 18.1. The van der Waals surface area contributed by atoms with Crippen LogP contribution in [0.25, 0.3) is 5.69 Å². The van der Waals surface area contributed by atoms with E-state index in [4.69, 9.17) is 21.4 Å². The van der Waals surface area contributed by atoms with E-state index < -0.39 is 7.21 Å². The lowest BCUT2D eigenvalue weighted by molar-refractivity contribution is 0.625. The fraction of sp³-hybridized carbons (Fsp3) is 0.348. The summed E-state index contributed by atoms with van der Waals surface area (Å²) < 4.78 is 9.74. The lowest BCUT2D eigenvalue weighted by atomic mass is 10.3. The van der Waals surface area contributed by atoms with Gasteiger partial charge in [0.25, 0.3) is 0 Å². The molecule has 3 aromatic rings. The highest BCUT2D eigenvalue weighted by atomic mass is 35.5. The second kappa shape index (κ2) is 8.10. The fourth-order valence-corrected chi connectivity index (χ4v) is 8.63. The van der Waals surface area contributed by atoms with E-state index in [0.717, 1.165) is 22.8 Å². The molecule has 0 spiro atoms. The van der Waals surface area contributed by atoms with Crippen molar-refractivity contribution in [3.8, 4) is 5.69 Å². The zero-order valence-corrected chi connectivity index (χ0v) is 20.0. The van der Waals surface area contributed by atoms with Crippen molar-refractivity contribution >= 4 is 29.8 Å². The van der Waals surface area contributed by atoms with Gasteiger partial charge in [-0.25, -0.2) is 9.43 Å². The van der Waals surface area contributed by atoms with E-state index in [1.165, 1.54) is 5.30 Å². The Morgan fingerprint density at radius 3 is 2.10 bits per heavy atom. The molecule has 0 aliphatic carbocycles. The van der Waals surface area contributed by atoms with E-state index in [9.17, 15) is 0 Å². The van der Waals surface area contributed by atoms with Gasteiger partial charge in [-0.2, -0.15) is 5.10 Å². The Kier molecular flexibility index (Phi) is 6.10. The van der Waals surface area contributed by atoms with Crippen LogP contribution in [0.2, 0.25) is 5.02 Å². The molecule has 2 aromatic carbocycles. The van der Waals surface area contributed by atoms with Gasteiger partial charge >= 0.3 is 0 Å². The van der Waals surface area contributed by atoms with E-state index in [2.05, 4.69) is 65.5 Å². The topological polar surface area (TPSA) is 33.4 Å². The van der Waals surface area contributed by atoms with Crippen LogP contribution in [-0.2, 0) is 0 Å². The molecule has 0 aliphatic heterocycles. The molecule has 1 aromatic heterocycles. The van der Waals surface area contributed by atoms with E-state index in [-0.39, 0.29) is 5.16 Å². The van der Waals surface area contributed by atoms with Gasteiger partial charge in [-0.1, -0.05) is 62.7 Å². The van der Waals surface area contributed by atoms with Crippen LogP contribution >= 0.6 is 18.8 Å². The Morgan fingerprint density at radius 2 is 1.55 bits per heavy atom. The Morgan fingerprint density at radius 1 is 0.966 bits per heavy atom. The predicted molar refractivity (Wildman–Crippen MR) is 127 cm³/mol. The first kappa shape index (κ1) is 21.8. The van der Waals surface area contributed by atoms with Gasteiger partial charge in [-0.15, -0.1) is 0 Å². The highest BCUT2D eigenvalue weighted by Crippen LogP contribution is 2.64. The molecular weight excluding hydrogens is 399 g/mol. The SMILES string of the molecule is Cc1nn(-c2ccccc2)c(C)c1[P@](=Nc1ccccc1Cl)(N(C)C)C(C)(C)C. The van der Waals surface area contributed by atoms with Crippen molar-refractivity contribution in [3.05, 3.63) is 71.0 Å². The molecule has 154 valence electrons. The normalized spacial score (nSPS) is 14.1. The number of benzene rings is 2. The molecule has 0 bridgehead atoms. The van der Waals surface area contributed by atoms with Crippen molar-refractivity contribution in [2.24, 2.45) is 4.74 Å². The molecule has 3 rings (SSSR count). The summed E-state index contributed by atoms with van der Waals surface area (Å²) in [5, 5.41) is 6.71. The molecular formula is C23H30ClN4P. The van der Waals surface area contributed by atoms with Crippen LogP contribution in [0.4, 0.5) is 5.69 Å². The second-order valence-electron chi connectivity index (χ2n) is 8.44. The largest absolute Gasteiger partial charge is 0.271 e. The molecule has 0 aliphatic rings. The lowest BCUT2D eigenvalue weighted by Crippen LogP contribution is -2.34. The number of rotatable bonds is 4. The maximum atomic E-state index is 6.54. The molecule has 0 fully saturated rings. The zero-order chi connectivity index (χ0) is 21.4. The summed E-state index contributed by atoms with van der Waals surface area (Å²) in [7, 11) is 2.01. The number of aryl methyl sites for hydroxylation is 1. The van der Waals surface area contributed by atoms with Crippen molar-refractivity contribution in [1.29, 1.82) is 0 Å². The van der Waals surface area contributed by atoms with Crippen LogP contribution in [-0.4, -0.2) is 33.7 Å². The molecule has 4 nitrogen and oxygen atoms in total. The van der Waals surface area contributed by atoms with Gasteiger partial charge < -0.3 is 0 Å². The monoisotopic (exact) mass is 428 g/mol. The number of hydrogen-bond donors (Lipinski definition) is 0. The predicted octanol–water partition coefficient (Wildman–Crippen LogP) is 6.58. The third-order valence-electron chi connectivity index (χ3n) is 5.18. The zero-order valence-electron chi connectivity index (χ0n) is 18.3. The van der Waals surface area contributed by atoms with E-state index >= 15 is 0 Å². The summed E-state index contributed by atoms with van der Waals surface area (Å²) >= 11 is 6.54. The average Bonchev–Trinajstić information content (AvgIpc) is 2.95. The van der Waals surface area contributed by atoms with Crippen LogP contribution < -0.4 is 5.30 Å². The van der Waals surface area contributed by atoms with Crippen molar-refractivity contribution in [2.75, 3.05) is 14.1 Å². The van der Waals surface area contributed by atoms with E-state index in [1.54, 1.807) is 0 Å². The van der Waals surface area contributed by atoms with Gasteiger partial charge in [0.1, 0.15) is 0 Å². The quantitative estimate of drug-likeness (QED) is 0.440. The highest BCUT2D eigenvalue weighted by molar-refractivity contribution is 7.73. The minimum absolute atomic E-state index is 0.115. The Bertz CT molecular complexity index is 1060. The number of aromatic nitrogens is 2. The minimum atomic E-state index is -2.24. The van der Waals surface area contributed by atoms with Crippen molar-refractivity contribution in [2.45, 2.75) is 39.8 Å². The molecule has 1 atom stereocenters. The molecule has 0 amide bonds. The maximum absolute atomic E-state index is 6.54. The van der Waals surface area contributed by atoms with Gasteiger partial charge in [0.05, 0.1) is 40.3 Å². The molecule has 6 heteroatoms. The van der Waals surface area contributed by atoms with Crippen molar-refractivity contribution in [3.63, 3.8) is 0 Å². The lowest BCUT2D eigenvalue weighted by Gasteiger charge is -2.42. The number of halogens is 1. The van der Waals surface area contributed by atoms with Crippen LogP contribution in [0.1, 0.15) is 32.2 Å². The first-order valence-electron chi connectivity index (χ1n) is 9.76. The third kappa shape index (κ3) is 3.82. The molecule has 0 N–H and O–H groups in total. The third-order valence-corrected chi connectivity index (χ3v) is 10.3. The molecule has 1 heterocycles. The van der Waals surface area contributed by atoms with Crippen LogP contribution in [0.5, 0.6) is 0 Å². The van der Waals surface area contributed by atoms with Crippen molar-refractivity contribution in [1.82, 2.24) is 14.5 Å². The van der Waals surface area contributed by atoms with Crippen LogP contribution in [0.3, 0.4) is 0 Å². The van der Waals surface area contributed by atoms with E-state index in [0.29, 0.717) is 5.02 Å². The Labute approximate surface area is 179 Å². The smallest absolute Gasteiger partial charge is 0.0819 e. The summed E-state index contributed by atoms with van der Waals surface area (Å²) in [6.45, 7) is 11.0. The molecule has 0 saturated carbocycles.